The van der Waals surface area contributed by atoms with Crippen molar-refractivity contribution in [3.63, 3.8) is 0 Å². The van der Waals surface area contributed by atoms with Gasteiger partial charge in [-0.1, -0.05) is 24.2 Å². The fourth-order valence-electron chi connectivity index (χ4n) is 3.31. The van der Waals surface area contributed by atoms with Gasteiger partial charge >= 0.3 is 0 Å². The van der Waals surface area contributed by atoms with E-state index in [1.807, 2.05) is 20.8 Å². The molecule has 0 spiro atoms. The molecule has 150 valence electrons. The highest BCUT2D eigenvalue weighted by molar-refractivity contribution is 5.94. The number of carbonyl (C=O) groups is 2. The minimum Gasteiger partial charge on any atom is -0.350 e. The maximum absolute atomic E-state index is 12.9. The summed E-state index contributed by atoms with van der Waals surface area (Å²) >= 11 is 0. The average Bonchev–Trinajstić information content (AvgIpc) is 3.10. The fourth-order valence-corrected chi connectivity index (χ4v) is 3.31. The van der Waals surface area contributed by atoms with Crippen molar-refractivity contribution in [2.75, 3.05) is 13.1 Å². The molecule has 2 amide bonds. The zero-order chi connectivity index (χ0) is 20.3. The smallest absolute Gasteiger partial charge is 0.257 e. The lowest BCUT2D eigenvalue weighted by Gasteiger charge is -2.39. The molecule has 3 heterocycles. The van der Waals surface area contributed by atoms with Crippen LogP contribution in [0.1, 0.15) is 67.1 Å². The summed E-state index contributed by atoms with van der Waals surface area (Å²) in [6.07, 6.45) is 4.60. The predicted octanol–water partition coefficient (Wildman–Crippen LogP) is 1.85. The number of hydrogen-bond acceptors (Lipinski definition) is 7. The van der Waals surface area contributed by atoms with Crippen LogP contribution in [0.15, 0.2) is 17.0 Å². The third-order valence-corrected chi connectivity index (χ3v) is 5.13. The van der Waals surface area contributed by atoms with Gasteiger partial charge in [-0.2, -0.15) is 0 Å². The summed E-state index contributed by atoms with van der Waals surface area (Å²) in [7, 11) is 0. The summed E-state index contributed by atoms with van der Waals surface area (Å²) in [4.78, 5) is 35.9. The van der Waals surface area contributed by atoms with Crippen LogP contribution in [0.4, 0.5) is 0 Å². The molecule has 1 fully saturated rings. The molecular weight excluding hydrogens is 360 g/mol. The van der Waals surface area contributed by atoms with Crippen LogP contribution in [0.5, 0.6) is 0 Å². The van der Waals surface area contributed by atoms with Gasteiger partial charge in [-0.05, 0) is 26.7 Å². The number of likely N-dealkylation sites (tertiary alicyclic amines) is 1. The quantitative estimate of drug-likeness (QED) is 0.834. The lowest BCUT2D eigenvalue weighted by atomic mass is 9.80. The largest absolute Gasteiger partial charge is 0.350 e. The summed E-state index contributed by atoms with van der Waals surface area (Å²) in [6.45, 7) is 8.87. The first-order valence-electron chi connectivity index (χ1n) is 9.48. The van der Waals surface area contributed by atoms with Crippen LogP contribution in [0.3, 0.4) is 0 Å². The molecule has 1 aliphatic heterocycles. The third kappa shape index (κ3) is 4.18. The van der Waals surface area contributed by atoms with E-state index in [1.54, 1.807) is 24.2 Å². The molecule has 1 aliphatic rings. The van der Waals surface area contributed by atoms with E-state index in [2.05, 4.69) is 30.2 Å². The molecule has 28 heavy (non-hydrogen) atoms. The molecule has 0 aliphatic carbocycles. The van der Waals surface area contributed by atoms with Crippen molar-refractivity contribution in [2.45, 2.75) is 53.0 Å². The van der Waals surface area contributed by atoms with Crippen molar-refractivity contribution in [3.05, 3.63) is 35.2 Å². The highest BCUT2D eigenvalue weighted by Gasteiger charge is 2.39. The van der Waals surface area contributed by atoms with Crippen molar-refractivity contribution >= 4 is 11.8 Å². The molecule has 0 aromatic carbocycles. The average molecular weight is 386 g/mol. The normalized spacial score (nSPS) is 19.7. The van der Waals surface area contributed by atoms with E-state index >= 15 is 0 Å². The van der Waals surface area contributed by atoms with Crippen molar-refractivity contribution in [1.29, 1.82) is 0 Å². The summed E-state index contributed by atoms with van der Waals surface area (Å²) in [5, 5.41) is 10.4. The van der Waals surface area contributed by atoms with E-state index in [1.165, 1.54) is 0 Å². The Bertz CT molecular complexity index is 848. The Morgan fingerprint density at radius 2 is 2.00 bits per heavy atom. The lowest BCUT2D eigenvalue weighted by molar-refractivity contribution is -0.132. The second kappa shape index (κ2) is 8.04. The van der Waals surface area contributed by atoms with Crippen LogP contribution in [0.2, 0.25) is 0 Å². The topological polar surface area (TPSA) is 114 Å². The van der Waals surface area contributed by atoms with E-state index in [0.29, 0.717) is 42.3 Å². The van der Waals surface area contributed by atoms with E-state index in [4.69, 9.17) is 0 Å². The van der Waals surface area contributed by atoms with Gasteiger partial charge in [-0.3, -0.25) is 9.59 Å². The molecule has 9 nitrogen and oxygen atoms in total. The third-order valence-electron chi connectivity index (χ3n) is 5.13. The minimum absolute atomic E-state index is 0.112. The SMILES string of the molecule is Cc1nonc1CNC(=O)[C@]1(C)CCCN(C(=O)c2cnc(C(C)C)nc2)C1. The number of rotatable bonds is 5. The number of nitrogens with one attached hydrogen (secondary N) is 1. The standard InChI is InChI=1S/C19H26N6O3/c1-12(2)16-20-8-14(9-21-16)17(26)25-7-5-6-19(4,11-25)18(27)22-10-15-13(3)23-28-24-15/h8-9,12H,5-7,10-11H2,1-4H3,(H,22,27)/t19-/m1/s1. The maximum Gasteiger partial charge on any atom is 0.257 e. The first kappa shape index (κ1) is 19.9. The van der Waals surface area contributed by atoms with Gasteiger partial charge in [-0.15, -0.1) is 0 Å². The zero-order valence-electron chi connectivity index (χ0n) is 16.7. The highest BCUT2D eigenvalue weighted by atomic mass is 16.6. The zero-order valence-corrected chi connectivity index (χ0v) is 16.7. The molecule has 0 bridgehead atoms. The number of nitrogens with zero attached hydrogens (tertiary/aromatic N) is 5. The van der Waals surface area contributed by atoms with Gasteiger partial charge < -0.3 is 10.2 Å². The Kier molecular flexibility index (Phi) is 5.71. The molecule has 1 saturated heterocycles. The van der Waals surface area contributed by atoms with E-state index in [9.17, 15) is 9.59 Å². The minimum atomic E-state index is -0.669. The summed E-state index contributed by atoms with van der Waals surface area (Å²) in [6, 6.07) is 0. The molecule has 2 aromatic rings. The summed E-state index contributed by atoms with van der Waals surface area (Å²) in [5.74, 6) is 0.649. The van der Waals surface area contributed by atoms with Gasteiger partial charge in [0.1, 0.15) is 17.2 Å². The van der Waals surface area contributed by atoms with Crippen LogP contribution in [0.25, 0.3) is 0 Å². The lowest BCUT2D eigenvalue weighted by Crippen LogP contribution is -2.51. The number of aryl methyl sites for hydroxylation is 1. The molecule has 0 unspecified atom stereocenters. The van der Waals surface area contributed by atoms with Gasteiger partial charge in [0, 0.05) is 31.4 Å². The number of aromatic nitrogens is 4. The molecule has 3 rings (SSSR count). The Labute approximate surface area is 163 Å². The van der Waals surface area contributed by atoms with Gasteiger partial charge in [0.15, 0.2) is 0 Å². The van der Waals surface area contributed by atoms with E-state index < -0.39 is 5.41 Å². The van der Waals surface area contributed by atoms with Crippen molar-refractivity contribution in [3.8, 4) is 0 Å². The molecule has 2 aromatic heterocycles. The predicted molar refractivity (Wildman–Crippen MR) is 100 cm³/mol. The number of piperidine rings is 1. The van der Waals surface area contributed by atoms with Gasteiger partial charge in [0.2, 0.25) is 5.91 Å². The first-order valence-corrected chi connectivity index (χ1v) is 9.48. The fraction of sp³-hybridized carbons (Fsp3) is 0.579. The molecule has 1 atom stereocenters. The van der Waals surface area contributed by atoms with Crippen LogP contribution < -0.4 is 5.32 Å². The Morgan fingerprint density at radius 1 is 1.29 bits per heavy atom. The van der Waals surface area contributed by atoms with Crippen molar-refractivity contribution in [1.82, 2.24) is 30.5 Å². The Hall–Kier alpha value is -2.84. The van der Waals surface area contributed by atoms with E-state index in [-0.39, 0.29) is 24.3 Å². The number of amides is 2. The van der Waals surface area contributed by atoms with Crippen LogP contribution in [-0.2, 0) is 11.3 Å². The van der Waals surface area contributed by atoms with Gasteiger partial charge in [-0.25, -0.2) is 14.6 Å². The molecular formula is C19H26N6O3. The Balaban J connectivity index is 1.65. The Morgan fingerprint density at radius 3 is 2.61 bits per heavy atom. The van der Waals surface area contributed by atoms with Crippen LogP contribution in [0, 0.1) is 12.3 Å². The van der Waals surface area contributed by atoms with Crippen molar-refractivity contribution in [2.24, 2.45) is 5.41 Å². The molecule has 9 heteroatoms. The summed E-state index contributed by atoms with van der Waals surface area (Å²) < 4.78 is 4.65. The van der Waals surface area contributed by atoms with E-state index in [0.717, 1.165) is 6.42 Å². The molecule has 0 radical (unpaired) electrons. The van der Waals surface area contributed by atoms with Crippen molar-refractivity contribution < 1.29 is 14.2 Å². The summed E-state index contributed by atoms with van der Waals surface area (Å²) in [5.41, 5.74) is 1.02. The second-order valence-electron chi connectivity index (χ2n) is 7.85. The first-order chi connectivity index (χ1) is 13.3. The number of hydrogen-bond donors (Lipinski definition) is 1. The molecule has 0 saturated carbocycles. The molecule has 1 N–H and O–H groups in total. The second-order valence-corrected chi connectivity index (χ2v) is 7.85. The highest BCUT2D eigenvalue weighted by Crippen LogP contribution is 2.30. The number of carbonyl (C=O) groups excluding carboxylic acids is 2. The van der Waals surface area contributed by atoms with Crippen LogP contribution >= 0.6 is 0 Å². The monoisotopic (exact) mass is 386 g/mol. The van der Waals surface area contributed by atoms with Gasteiger partial charge in [0.05, 0.1) is 17.5 Å². The van der Waals surface area contributed by atoms with Gasteiger partial charge in [0.25, 0.3) is 5.91 Å². The van der Waals surface area contributed by atoms with Crippen LogP contribution in [-0.4, -0.2) is 50.1 Å². The maximum atomic E-state index is 12.9.